The lowest BCUT2D eigenvalue weighted by Crippen LogP contribution is -2.12. The quantitative estimate of drug-likeness (QED) is 0.917. The molecule has 0 amide bonds. The highest BCUT2D eigenvalue weighted by atomic mass is 32.1. The van der Waals surface area contributed by atoms with Crippen LogP contribution in [0.5, 0.6) is 0 Å². The van der Waals surface area contributed by atoms with Gasteiger partial charge in [0.15, 0.2) is 0 Å². The maximum Gasteiger partial charge on any atom is 0.251 e. The summed E-state index contributed by atoms with van der Waals surface area (Å²) in [6.07, 6.45) is 4.69. The molecule has 0 saturated heterocycles. The molecule has 2 heterocycles. The molecule has 0 aliphatic heterocycles. The minimum Gasteiger partial charge on any atom is -0.307 e. The first kappa shape index (κ1) is 14.7. The molecule has 0 aromatic carbocycles. The predicted molar refractivity (Wildman–Crippen MR) is 83.9 cm³/mol. The number of aromatic amines is 1. The number of thiazole rings is 1. The van der Waals surface area contributed by atoms with Gasteiger partial charge in [0.05, 0.1) is 16.1 Å². The smallest absolute Gasteiger partial charge is 0.251 e. The molecule has 0 saturated carbocycles. The van der Waals surface area contributed by atoms with Gasteiger partial charge in [-0.25, -0.2) is 9.97 Å². The summed E-state index contributed by atoms with van der Waals surface area (Å²) < 4.78 is 0. The van der Waals surface area contributed by atoms with E-state index < -0.39 is 0 Å². The van der Waals surface area contributed by atoms with Crippen LogP contribution < -0.4 is 5.56 Å². The fraction of sp³-hybridized carbons (Fsp3) is 0.400. The van der Waals surface area contributed by atoms with Crippen molar-refractivity contribution in [3.63, 3.8) is 0 Å². The third-order valence-electron chi connectivity index (χ3n) is 3.07. The Labute approximate surface area is 122 Å². The van der Waals surface area contributed by atoms with Crippen LogP contribution >= 0.6 is 11.3 Å². The summed E-state index contributed by atoms with van der Waals surface area (Å²) in [6, 6.07) is 1.58. The van der Waals surface area contributed by atoms with Gasteiger partial charge in [-0.1, -0.05) is 20.3 Å². The molecule has 4 nitrogen and oxygen atoms in total. The van der Waals surface area contributed by atoms with E-state index in [4.69, 9.17) is 0 Å². The van der Waals surface area contributed by atoms with Crippen molar-refractivity contribution in [2.24, 2.45) is 0 Å². The monoisotopic (exact) mass is 289 g/mol. The van der Waals surface area contributed by atoms with E-state index in [2.05, 4.69) is 34.9 Å². The molecule has 0 fully saturated rings. The number of rotatable bonds is 5. The van der Waals surface area contributed by atoms with Gasteiger partial charge in [-0.2, -0.15) is 0 Å². The zero-order chi connectivity index (χ0) is 14.5. The highest BCUT2D eigenvalue weighted by Gasteiger charge is 2.07. The first-order chi connectivity index (χ1) is 9.63. The summed E-state index contributed by atoms with van der Waals surface area (Å²) in [6.45, 7) is 6.13. The van der Waals surface area contributed by atoms with E-state index in [0.29, 0.717) is 5.82 Å². The van der Waals surface area contributed by atoms with Crippen molar-refractivity contribution < 1.29 is 0 Å². The largest absolute Gasteiger partial charge is 0.307 e. The second-order valence-electron chi connectivity index (χ2n) is 4.66. The lowest BCUT2D eigenvalue weighted by atomic mass is 10.1. The molecule has 2 rings (SSSR count). The minimum atomic E-state index is -0.0844. The predicted octanol–water partition coefficient (Wildman–Crippen LogP) is 3.44. The zero-order valence-electron chi connectivity index (χ0n) is 12.1. The topological polar surface area (TPSA) is 58.6 Å². The third kappa shape index (κ3) is 3.42. The van der Waals surface area contributed by atoms with Crippen molar-refractivity contribution >= 4 is 23.0 Å². The van der Waals surface area contributed by atoms with Gasteiger partial charge in [-0.3, -0.25) is 4.79 Å². The maximum atomic E-state index is 11.7. The van der Waals surface area contributed by atoms with Crippen LogP contribution in [0, 0.1) is 6.92 Å². The Hall–Kier alpha value is -1.75. The standard InChI is InChI=1S/C15H19N3OS/c1-4-6-12-8-14(19)18-15(17-12)11(5-2)7-13-10(3)16-9-20-13/h7-9H,4-6H2,1-3H3,(H,17,18,19). The van der Waals surface area contributed by atoms with Crippen LogP contribution in [0.4, 0.5) is 0 Å². The molecule has 1 N–H and O–H groups in total. The van der Waals surface area contributed by atoms with E-state index >= 15 is 0 Å². The van der Waals surface area contributed by atoms with Gasteiger partial charge in [0.25, 0.3) is 5.56 Å². The van der Waals surface area contributed by atoms with Crippen molar-refractivity contribution in [1.29, 1.82) is 0 Å². The normalized spacial score (nSPS) is 11.8. The summed E-state index contributed by atoms with van der Waals surface area (Å²) in [5.41, 5.74) is 4.64. The first-order valence-electron chi connectivity index (χ1n) is 6.85. The molecule has 20 heavy (non-hydrogen) atoms. The molecule has 5 heteroatoms. The van der Waals surface area contributed by atoms with E-state index in [0.717, 1.165) is 41.1 Å². The number of H-pyrrole nitrogens is 1. The van der Waals surface area contributed by atoms with E-state index in [1.807, 2.05) is 12.4 Å². The summed E-state index contributed by atoms with van der Waals surface area (Å²) in [5.74, 6) is 0.677. The summed E-state index contributed by atoms with van der Waals surface area (Å²) in [7, 11) is 0. The van der Waals surface area contributed by atoms with Crippen LogP contribution in [0.15, 0.2) is 16.4 Å². The SMILES string of the molecule is CCCc1cc(=O)[nH]c(C(=Cc2scnc2C)CC)n1. The Morgan fingerprint density at radius 2 is 2.25 bits per heavy atom. The number of nitrogens with one attached hydrogen (secondary N) is 1. The lowest BCUT2D eigenvalue weighted by molar-refractivity contribution is 0.857. The third-order valence-corrected chi connectivity index (χ3v) is 3.95. The molecule has 106 valence electrons. The van der Waals surface area contributed by atoms with Crippen LogP contribution in [0.25, 0.3) is 11.6 Å². The van der Waals surface area contributed by atoms with E-state index in [9.17, 15) is 4.79 Å². The molecule has 2 aromatic rings. The highest BCUT2D eigenvalue weighted by Crippen LogP contribution is 2.22. The van der Waals surface area contributed by atoms with Crippen molar-refractivity contribution in [2.75, 3.05) is 0 Å². The first-order valence-corrected chi connectivity index (χ1v) is 7.73. The highest BCUT2D eigenvalue weighted by molar-refractivity contribution is 7.10. The summed E-state index contributed by atoms with van der Waals surface area (Å²) >= 11 is 1.60. The van der Waals surface area contributed by atoms with E-state index in [1.54, 1.807) is 17.4 Å². The van der Waals surface area contributed by atoms with Crippen LogP contribution in [0.1, 0.15) is 48.8 Å². The number of aryl methyl sites for hydroxylation is 2. The Morgan fingerprint density at radius 1 is 1.45 bits per heavy atom. The molecule has 0 spiro atoms. The zero-order valence-corrected chi connectivity index (χ0v) is 12.9. The van der Waals surface area contributed by atoms with Crippen molar-refractivity contribution in [2.45, 2.75) is 40.0 Å². The second-order valence-corrected chi connectivity index (χ2v) is 5.55. The van der Waals surface area contributed by atoms with Gasteiger partial charge >= 0.3 is 0 Å². The fourth-order valence-electron chi connectivity index (χ4n) is 1.99. The lowest BCUT2D eigenvalue weighted by Gasteiger charge is -2.06. The molecule has 0 aliphatic carbocycles. The number of hydrogen-bond donors (Lipinski definition) is 1. The number of nitrogens with zero attached hydrogens (tertiary/aromatic N) is 2. The van der Waals surface area contributed by atoms with Gasteiger partial charge < -0.3 is 4.98 Å². The molecule has 0 unspecified atom stereocenters. The fourth-order valence-corrected chi connectivity index (χ4v) is 2.75. The van der Waals surface area contributed by atoms with Gasteiger partial charge in [-0.15, -0.1) is 11.3 Å². The van der Waals surface area contributed by atoms with Crippen molar-refractivity contribution in [3.05, 3.63) is 44.0 Å². The maximum absolute atomic E-state index is 11.7. The number of allylic oxidation sites excluding steroid dienone is 1. The molecule has 0 aliphatic rings. The Morgan fingerprint density at radius 3 is 2.85 bits per heavy atom. The molecule has 0 bridgehead atoms. The Bertz CT molecular complexity index is 670. The molecule has 2 aromatic heterocycles. The van der Waals surface area contributed by atoms with Crippen LogP contribution in [0.2, 0.25) is 0 Å². The second kappa shape index (κ2) is 6.61. The van der Waals surface area contributed by atoms with Crippen molar-refractivity contribution in [1.82, 2.24) is 15.0 Å². The van der Waals surface area contributed by atoms with Crippen LogP contribution in [-0.4, -0.2) is 15.0 Å². The molecule has 0 radical (unpaired) electrons. The van der Waals surface area contributed by atoms with E-state index in [-0.39, 0.29) is 5.56 Å². The average molecular weight is 289 g/mol. The van der Waals surface area contributed by atoms with E-state index in [1.165, 1.54) is 0 Å². The van der Waals surface area contributed by atoms with Crippen LogP contribution in [-0.2, 0) is 6.42 Å². The minimum absolute atomic E-state index is 0.0844. The molecular formula is C15H19N3OS. The summed E-state index contributed by atoms with van der Waals surface area (Å²) in [4.78, 5) is 24.5. The Kier molecular flexibility index (Phi) is 4.84. The van der Waals surface area contributed by atoms with Crippen molar-refractivity contribution in [3.8, 4) is 0 Å². The van der Waals surface area contributed by atoms with Gasteiger partial charge in [0.2, 0.25) is 0 Å². The average Bonchev–Trinajstić information content (AvgIpc) is 2.81. The number of hydrogen-bond acceptors (Lipinski definition) is 4. The van der Waals surface area contributed by atoms with Gasteiger partial charge in [0, 0.05) is 11.8 Å². The van der Waals surface area contributed by atoms with Crippen LogP contribution in [0.3, 0.4) is 0 Å². The summed E-state index contributed by atoms with van der Waals surface area (Å²) in [5, 5.41) is 0. The van der Waals surface area contributed by atoms with Gasteiger partial charge in [-0.05, 0) is 31.4 Å². The molecular weight excluding hydrogens is 270 g/mol. The Balaban J connectivity index is 2.44. The van der Waals surface area contributed by atoms with Gasteiger partial charge in [0.1, 0.15) is 5.82 Å². The molecule has 0 atom stereocenters. The number of aromatic nitrogens is 3.